The van der Waals surface area contributed by atoms with Gasteiger partial charge in [0.1, 0.15) is 12.2 Å². The van der Waals surface area contributed by atoms with E-state index in [0.29, 0.717) is 0 Å². The molecule has 2 atom stereocenters. The van der Waals surface area contributed by atoms with Gasteiger partial charge in [0, 0.05) is 12.0 Å². The fourth-order valence-corrected chi connectivity index (χ4v) is 5.87. The van der Waals surface area contributed by atoms with E-state index in [1.54, 1.807) is 0 Å². The lowest BCUT2D eigenvalue weighted by Gasteiger charge is -2.57. The van der Waals surface area contributed by atoms with Crippen molar-refractivity contribution in [3.8, 4) is 6.07 Å². The first-order valence-electron chi connectivity index (χ1n) is 8.65. The quantitative estimate of drug-likeness (QED) is 0.868. The molecule has 22 heavy (non-hydrogen) atoms. The molecular formula is C17H24FN3O. The van der Waals surface area contributed by atoms with Crippen LogP contribution in [-0.4, -0.2) is 41.6 Å². The van der Waals surface area contributed by atoms with E-state index in [-0.39, 0.29) is 31.0 Å². The van der Waals surface area contributed by atoms with Gasteiger partial charge >= 0.3 is 0 Å². The number of hydrogen-bond acceptors (Lipinski definition) is 3. The molecular weight excluding hydrogens is 281 g/mol. The second kappa shape index (κ2) is 5.19. The van der Waals surface area contributed by atoms with E-state index >= 15 is 0 Å². The summed E-state index contributed by atoms with van der Waals surface area (Å²) in [6.07, 6.45) is 6.83. The van der Waals surface area contributed by atoms with E-state index in [4.69, 9.17) is 5.26 Å². The number of nitrogens with one attached hydrogen (secondary N) is 1. The van der Waals surface area contributed by atoms with E-state index in [1.165, 1.54) is 43.4 Å². The second-order valence-corrected chi connectivity index (χ2v) is 8.08. The molecule has 5 rings (SSSR count). The van der Waals surface area contributed by atoms with Gasteiger partial charge in [0.15, 0.2) is 0 Å². The Kier molecular flexibility index (Phi) is 3.41. The number of carbonyl (C=O) groups excluding carboxylic acids is 1. The highest BCUT2D eigenvalue weighted by Gasteiger charge is 2.51. The summed E-state index contributed by atoms with van der Waals surface area (Å²) >= 11 is 0. The number of halogens is 1. The van der Waals surface area contributed by atoms with Gasteiger partial charge in [-0.05, 0) is 56.3 Å². The highest BCUT2D eigenvalue weighted by Crippen LogP contribution is 2.55. The molecule has 0 radical (unpaired) electrons. The summed E-state index contributed by atoms with van der Waals surface area (Å²) in [7, 11) is 0. The van der Waals surface area contributed by atoms with Crippen molar-refractivity contribution in [1.29, 1.82) is 5.26 Å². The maximum absolute atomic E-state index is 13.5. The number of hydrogen-bond donors (Lipinski definition) is 1. The number of likely N-dealkylation sites (tertiary alicyclic amines) is 1. The Hall–Kier alpha value is -1.15. The molecule has 4 saturated carbocycles. The molecule has 1 N–H and O–H groups in total. The number of amides is 1. The van der Waals surface area contributed by atoms with Crippen LogP contribution in [0.5, 0.6) is 0 Å². The molecule has 5 fully saturated rings. The lowest BCUT2D eigenvalue weighted by molar-refractivity contribution is -0.131. The molecule has 1 amide bonds. The van der Waals surface area contributed by atoms with Gasteiger partial charge in [-0.1, -0.05) is 0 Å². The normalized spacial score (nSPS) is 46.0. The van der Waals surface area contributed by atoms with Crippen molar-refractivity contribution in [2.45, 2.75) is 62.7 Å². The fraction of sp³-hybridized carbons (Fsp3) is 0.882. The van der Waals surface area contributed by atoms with Crippen LogP contribution in [0.1, 0.15) is 44.9 Å². The van der Waals surface area contributed by atoms with Crippen LogP contribution in [0, 0.1) is 29.1 Å². The first kappa shape index (κ1) is 14.4. The summed E-state index contributed by atoms with van der Waals surface area (Å²) in [6, 6.07) is 1.47. The summed E-state index contributed by atoms with van der Waals surface area (Å²) in [4.78, 5) is 13.8. The Labute approximate surface area is 131 Å². The first-order chi connectivity index (χ1) is 10.6. The Morgan fingerprint density at radius 1 is 1.18 bits per heavy atom. The number of nitriles is 1. The van der Waals surface area contributed by atoms with E-state index in [9.17, 15) is 9.18 Å². The van der Waals surface area contributed by atoms with Crippen molar-refractivity contribution in [3.63, 3.8) is 0 Å². The third-order valence-corrected chi connectivity index (χ3v) is 6.37. The van der Waals surface area contributed by atoms with Crippen LogP contribution in [0.2, 0.25) is 0 Å². The van der Waals surface area contributed by atoms with Crippen LogP contribution < -0.4 is 5.32 Å². The molecule has 5 heteroatoms. The van der Waals surface area contributed by atoms with Crippen LogP contribution in [-0.2, 0) is 4.79 Å². The minimum Gasteiger partial charge on any atom is -0.323 e. The smallest absolute Gasteiger partial charge is 0.237 e. The fourth-order valence-electron chi connectivity index (χ4n) is 5.87. The predicted molar refractivity (Wildman–Crippen MR) is 79.5 cm³/mol. The monoisotopic (exact) mass is 305 g/mol. The van der Waals surface area contributed by atoms with Crippen molar-refractivity contribution >= 4 is 5.91 Å². The molecule has 0 aromatic rings. The third kappa shape index (κ3) is 2.42. The van der Waals surface area contributed by atoms with Crippen molar-refractivity contribution in [2.24, 2.45) is 17.8 Å². The Morgan fingerprint density at radius 3 is 2.32 bits per heavy atom. The maximum Gasteiger partial charge on any atom is 0.237 e. The van der Waals surface area contributed by atoms with Gasteiger partial charge in [0.05, 0.1) is 19.2 Å². The summed E-state index contributed by atoms with van der Waals surface area (Å²) in [6.45, 7) is 0.344. The number of carbonyl (C=O) groups is 1. The Balaban J connectivity index is 1.38. The molecule has 4 aliphatic carbocycles. The molecule has 1 aliphatic heterocycles. The van der Waals surface area contributed by atoms with Gasteiger partial charge in [-0.25, -0.2) is 4.39 Å². The summed E-state index contributed by atoms with van der Waals surface area (Å²) in [5.41, 5.74) is 0.140. The largest absolute Gasteiger partial charge is 0.323 e. The Morgan fingerprint density at radius 2 is 1.77 bits per heavy atom. The zero-order valence-electron chi connectivity index (χ0n) is 12.9. The van der Waals surface area contributed by atoms with Crippen LogP contribution in [0.4, 0.5) is 4.39 Å². The standard InChI is InChI=1S/C17H24FN3O/c18-14-4-15(8-19)21(10-14)16(22)9-20-17-5-11-1-12(6-17)3-13(2-11)7-17/h11-15,20H,1-7,9-10H2. The number of alkyl halides is 1. The van der Waals surface area contributed by atoms with Crippen LogP contribution in [0.3, 0.4) is 0 Å². The van der Waals surface area contributed by atoms with Crippen LogP contribution in [0.25, 0.3) is 0 Å². The molecule has 1 heterocycles. The van der Waals surface area contributed by atoms with Gasteiger partial charge in [0.2, 0.25) is 5.91 Å². The van der Waals surface area contributed by atoms with E-state index in [1.807, 2.05) is 0 Å². The highest BCUT2D eigenvalue weighted by molar-refractivity contribution is 5.79. The molecule has 4 nitrogen and oxygen atoms in total. The second-order valence-electron chi connectivity index (χ2n) is 8.08. The summed E-state index contributed by atoms with van der Waals surface area (Å²) in [5, 5.41) is 12.6. The lowest BCUT2D eigenvalue weighted by atomic mass is 9.53. The molecule has 0 aromatic heterocycles. The van der Waals surface area contributed by atoms with Gasteiger partial charge < -0.3 is 10.2 Å². The predicted octanol–water partition coefficient (Wildman–Crippen LogP) is 2.01. The zero-order chi connectivity index (χ0) is 15.3. The highest BCUT2D eigenvalue weighted by atomic mass is 19.1. The van der Waals surface area contributed by atoms with Crippen molar-refractivity contribution in [1.82, 2.24) is 10.2 Å². The molecule has 0 aromatic carbocycles. The average Bonchev–Trinajstić information content (AvgIpc) is 2.85. The van der Waals surface area contributed by atoms with Crippen molar-refractivity contribution in [3.05, 3.63) is 0 Å². The summed E-state index contributed by atoms with van der Waals surface area (Å²) in [5.74, 6) is 2.40. The van der Waals surface area contributed by atoms with Crippen LogP contribution >= 0.6 is 0 Å². The topological polar surface area (TPSA) is 56.1 Å². The molecule has 120 valence electrons. The first-order valence-corrected chi connectivity index (χ1v) is 8.65. The maximum atomic E-state index is 13.5. The van der Waals surface area contributed by atoms with E-state index in [0.717, 1.165) is 17.8 Å². The molecule has 2 unspecified atom stereocenters. The minimum absolute atomic E-state index is 0.0830. The number of rotatable bonds is 3. The van der Waals surface area contributed by atoms with Gasteiger partial charge in [0.25, 0.3) is 0 Å². The van der Waals surface area contributed by atoms with Gasteiger partial charge in [-0.3, -0.25) is 4.79 Å². The molecule has 0 spiro atoms. The zero-order valence-corrected chi connectivity index (χ0v) is 12.9. The minimum atomic E-state index is -1.05. The summed E-state index contributed by atoms with van der Waals surface area (Å²) < 4.78 is 13.5. The molecule has 1 saturated heterocycles. The molecule has 4 bridgehead atoms. The SMILES string of the molecule is N#CC1CC(F)CN1C(=O)CNC12CC3CC(CC(C3)C1)C2. The van der Waals surface area contributed by atoms with E-state index < -0.39 is 12.2 Å². The molecule has 5 aliphatic rings. The van der Waals surface area contributed by atoms with E-state index in [2.05, 4.69) is 11.4 Å². The number of nitrogens with zero attached hydrogens (tertiary/aromatic N) is 2. The van der Waals surface area contributed by atoms with Crippen LogP contribution in [0.15, 0.2) is 0 Å². The van der Waals surface area contributed by atoms with Crippen molar-refractivity contribution in [2.75, 3.05) is 13.1 Å². The lowest BCUT2D eigenvalue weighted by Crippen LogP contribution is -2.60. The van der Waals surface area contributed by atoms with Crippen molar-refractivity contribution < 1.29 is 9.18 Å². The van der Waals surface area contributed by atoms with Gasteiger partial charge in [-0.2, -0.15) is 5.26 Å². The average molecular weight is 305 g/mol. The Bertz CT molecular complexity index is 479. The third-order valence-electron chi connectivity index (χ3n) is 6.37. The van der Waals surface area contributed by atoms with Gasteiger partial charge in [-0.15, -0.1) is 0 Å².